The second kappa shape index (κ2) is 5.47. The average Bonchev–Trinajstić information content (AvgIpc) is 2.71. The van der Waals surface area contributed by atoms with E-state index >= 15 is 0 Å². The van der Waals surface area contributed by atoms with E-state index < -0.39 is 0 Å². The van der Waals surface area contributed by atoms with E-state index in [4.69, 9.17) is 11.6 Å². The van der Waals surface area contributed by atoms with Gasteiger partial charge in [0.05, 0.1) is 0 Å². The maximum Gasteiger partial charge on any atom is 0.210 e. The topological polar surface area (TPSA) is 41.6 Å². The Morgan fingerprint density at radius 3 is 2.61 bits per heavy atom. The number of aromatic nitrogens is 3. The summed E-state index contributed by atoms with van der Waals surface area (Å²) in [6.45, 7) is 1.97. The van der Waals surface area contributed by atoms with Crippen LogP contribution in [-0.4, -0.2) is 15.0 Å². The third kappa shape index (κ3) is 2.35. The van der Waals surface area contributed by atoms with Gasteiger partial charge in [0.25, 0.3) is 0 Å². The van der Waals surface area contributed by atoms with E-state index in [1.165, 1.54) is 0 Å². The Labute approximate surface area is 135 Å². The first-order valence-electron chi connectivity index (χ1n) is 5.24. The van der Waals surface area contributed by atoms with Crippen molar-refractivity contribution < 1.29 is 32.7 Å². The van der Waals surface area contributed by atoms with E-state index in [9.17, 15) is 0 Å². The van der Waals surface area contributed by atoms with E-state index in [0.29, 0.717) is 0 Å². The Morgan fingerprint density at radius 2 is 1.89 bits per heavy atom. The number of aromatic amines is 1. The van der Waals surface area contributed by atoms with Gasteiger partial charge in [0.1, 0.15) is 0 Å². The first-order valence-corrected chi connectivity index (χ1v) is 5.62. The zero-order chi connectivity index (χ0) is 11.8. The van der Waals surface area contributed by atoms with Gasteiger partial charge in [-0.15, -0.1) is 17.1 Å². The molecule has 0 amide bonds. The van der Waals surface area contributed by atoms with Crippen LogP contribution in [0.3, 0.4) is 0 Å². The molecule has 0 saturated heterocycles. The van der Waals surface area contributed by atoms with Crippen LogP contribution < -0.4 is 0 Å². The molecule has 0 aliphatic heterocycles. The van der Waals surface area contributed by atoms with Gasteiger partial charge in [0.15, 0.2) is 0 Å². The van der Waals surface area contributed by atoms with Crippen LogP contribution in [0.2, 0.25) is 5.28 Å². The van der Waals surface area contributed by atoms with Crippen molar-refractivity contribution in [3.63, 3.8) is 0 Å². The number of aryl methyl sites for hydroxylation is 1. The van der Waals surface area contributed by atoms with Gasteiger partial charge in [0, 0.05) is 38.4 Å². The van der Waals surface area contributed by atoms with Gasteiger partial charge in [0.2, 0.25) is 5.28 Å². The van der Waals surface area contributed by atoms with Crippen molar-refractivity contribution in [2.45, 2.75) is 6.92 Å². The van der Waals surface area contributed by atoms with Gasteiger partial charge in [-0.05, 0) is 22.8 Å². The second-order valence-corrected chi connectivity index (χ2v) is 4.14. The molecule has 2 aromatic heterocycles. The van der Waals surface area contributed by atoms with Crippen molar-refractivity contribution in [3.8, 4) is 11.3 Å². The summed E-state index contributed by atoms with van der Waals surface area (Å²) in [5, 5.41) is 1.22. The normalized spacial score (nSPS) is 10.3. The number of rotatable bonds is 1. The summed E-state index contributed by atoms with van der Waals surface area (Å²) < 4.78 is 0. The zero-order valence-electron chi connectivity index (χ0n) is 9.74. The quantitative estimate of drug-likeness (QED) is 0.548. The number of H-pyrrole nitrogens is 1. The molecule has 1 aromatic carbocycles. The molecular formula is C13H9ClN3Y-. The maximum absolute atomic E-state index is 5.93. The van der Waals surface area contributed by atoms with E-state index in [2.05, 4.69) is 21.1 Å². The first kappa shape index (κ1) is 13.7. The Morgan fingerprint density at radius 1 is 1.17 bits per heavy atom. The minimum absolute atomic E-state index is 0. The first-order chi connectivity index (χ1) is 8.25. The smallest absolute Gasteiger partial charge is 0.210 e. The van der Waals surface area contributed by atoms with E-state index in [1.807, 2.05) is 37.3 Å². The van der Waals surface area contributed by atoms with Crippen LogP contribution in [0.4, 0.5) is 0 Å². The fraction of sp³-hybridized carbons (Fsp3) is 0.0769. The third-order valence-electron chi connectivity index (χ3n) is 2.67. The van der Waals surface area contributed by atoms with Crippen LogP contribution in [0.5, 0.6) is 0 Å². The average molecular weight is 332 g/mol. The van der Waals surface area contributed by atoms with Crippen LogP contribution in [0.1, 0.15) is 5.56 Å². The molecule has 2 heterocycles. The standard InChI is InChI=1S/C13H9ClN3.Y/c1-8-7-15-12-10(8)11(16-13(14)17-12)9-5-3-2-4-6-9;/h2-6H,1H3,(H,15,16,17);/q-1;. The van der Waals surface area contributed by atoms with Gasteiger partial charge < -0.3 is 4.98 Å². The van der Waals surface area contributed by atoms with Gasteiger partial charge in [-0.25, -0.2) is 4.98 Å². The van der Waals surface area contributed by atoms with Crippen molar-refractivity contribution in [2.24, 2.45) is 0 Å². The summed E-state index contributed by atoms with van der Waals surface area (Å²) in [6, 6.07) is 9.93. The number of halogens is 1. The molecule has 0 bridgehead atoms. The number of hydrogen-bond donors (Lipinski definition) is 1. The Hall–Kier alpha value is -0.766. The van der Waals surface area contributed by atoms with Gasteiger partial charge in [-0.2, -0.15) is 0 Å². The molecule has 18 heavy (non-hydrogen) atoms. The van der Waals surface area contributed by atoms with Gasteiger partial charge >= 0.3 is 0 Å². The monoisotopic (exact) mass is 331 g/mol. The Bertz CT molecular complexity index is 679. The SMILES string of the molecule is Cc1[c-][nH]c2nc(Cl)nc(-c3ccccc3)c12.[Y]. The van der Waals surface area contributed by atoms with Gasteiger partial charge in [-0.3, -0.25) is 4.98 Å². The van der Waals surface area contributed by atoms with E-state index in [0.717, 1.165) is 27.9 Å². The summed E-state index contributed by atoms with van der Waals surface area (Å²) in [7, 11) is 0. The van der Waals surface area contributed by atoms with E-state index in [1.54, 1.807) is 0 Å². The summed E-state index contributed by atoms with van der Waals surface area (Å²) >= 11 is 5.93. The molecule has 87 valence electrons. The number of nitrogens with zero attached hydrogens (tertiary/aromatic N) is 2. The molecule has 0 aliphatic carbocycles. The molecule has 0 atom stereocenters. The zero-order valence-corrected chi connectivity index (χ0v) is 13.3. The van der Waals surface area contributed by atoms with Crippen molar-refractivity contribution in [1.82, 2.24) is 15.0 Å². The van der Waals surface area contributed by atoms with Crippen LogP contribution in [0, 0.1) is 13.1 Å². The van der Waals surface area contributed by atoms with E-state index in [-0.39, 0.29) is 38.0 Å². The number of hydrogen-bond acceptors (Lipinski definition) is 2. The van der Waals surface area contributed by atoms with Crippen molar-refractivity contribution in [1.29, 1.82) is 0 Å². The van der Waals surface area contributed by atoms with Crippen molar-refractivity contribution in [2.75, 3.05) is 0 Å². The van der Waals surface area contributed by atoms with Crippen molar-refractivity contribution >= 4 is 22.6 Å². The Kier molecular flexibility index (Phi) is 4.15. The Balaban J connectivity index is 0.00000120. The molecule has 0 unspecified atom stereocenters. The maximum atomic E-state index is 5.93. The fourth-order valence-corrected chi connectivity index (χ4v) is 2.07. The van der Waals surface area contributed by atoms with Crippen LogP contribution >= 0.6 is 11.6 Å². The summed E-state index contributed by atoms with van der Waals surface area (Å²) in [4.78, 5) is 11.4. The molecule has 0 fully saturated rings. The molecule has 1 radical (unpaired) electrons. The second-order valence-electron chi connectivity index (χ2n) is 3.81. The molecule has 0 saturated carbocycles. The summed E-state index contributed by atoms with van der Waals surface area (Å²) in [5.74, 6) is 0. The summed E-state index contributed by atoms with van der Waals surface area (Å²) in [6.07, 6.45) is 3.03. The van der Waals surface area contributed by atoms with Crippen molar-refractivity contribution in [3.05, 3.63) is 47.4 Å². The molecule has 0 spiro atoms. The number of fused-ring (bicyclic) bond motifs is 1. The minimum Gasteiger partial charge on any atom is -0.462 e. The van der Waals surface area contributed by atoms with Crippen LogP contribution in [-0.2, 0) is 32.7 Å². The molecule has 3 nitrogen and oxygen atoms in total. The molecule has 0 aliphatic rings. The molecule has 3 aromatic rings. The van der Waals surface area contributed by atoms with Crippen LogP contribution in [0.25, 0.3) is 22.3 Å². The molecule has 3 rings (SSSR count). The largest absolute Gasteiger partial charge is 0.462 e. The fourth-order valence-electron chi connectivity index (χ4n) is 1.90. The number of nitrogens with one attached hydrogen (secondary N) is 1. The predicted octanol–water partition coefficient (Wildman–Crippen LogP) is 3.38. The molecular weight excluding hydrogens is 323 g/mol. The minimum atomic E-state index is 0. The third-order valence-corrected chi connectivity index (χ3v) is 2.84. The van der Waals surface area contributed by atoms with Gasteiger partial charge in [-0.1, -0.05) is 37.3 Å². The summed E-state index contributed by atoms with van der Waals surface area (Å²) in [5.41, 5.74) is 3.59. The molecule has 5 heteroatoms. The predicted molar refractivity (Wildman–Crippen MR) is 67.9 cm³/mol. The number of benzene rings is 1. The molecule has 1 N–H and O–H groups in total. The van der Waals surface area contributed by atoms with Crippen LogP contribution in [0.15, 0.2) is 30.3 Å².